The van der Waals surface area contributed by atoms with Crippen LogP contribution < -0.4 is 10.1 Å². The summed E-state index contributed by atoms with van der Waals surface area (Å²) in [5, 5.41) is 3.59. The van der Waals surface area contributed by atoms with Gasteiger partial charge in [-0.05, 0) is 25.0 Å². The molecule has 0 amide bonds. The highest BCUT2D eigenvalue weighted by molar-refractivity contribution is 5.20. The summed E-state index contributed by atoms with van der Waals surface area (Å²) in [6, 6.07) is 10.9. The highest BCUT2D eigenvalue weighted by Crippen LogP contribution is 2.10. The predicted octanol–water partition coefficient (Wildman–Crippen LogP) is 2.22. The second-order valence-corrected chi connectivity index (χ2v) is 4.46. The summed E-state index contributed by atoms with van der Waals surface area (Å²) < 4.78 is 11.1. The maximum atomic E-state index is 5.77. The van der Waals surface area contributed by atoms with Crippen molar-refractivity contribution in [2.24, 2.45) is 0 Å². The third-order valence-corrected chi connectivity index (χ3v) is 3.09. The van der Waals surface area contributed by atoms with Crippen molar-refractivity contribution in [1.82, 2.24) is 5.32 Å². The molecule has 1 N–H and O–H groups in total. The molecule has 1 aliphatic heterocycles. The van der Waals surface area contributed by atoms with E-state index in [1.165, 1.54) is 0 Å². The van der Waals surface area contributed by atoms with E-state index in [-0.39, 0.29) is 0 Å². The van der Waals surface area contributed by atoms with Crippen molar-refractivity contribution in [3.63, 3.8) is 0 Å². The van der Waals surface area contributed by atoms with Crippen LogP contribution in [0.15, 0.2) is 30.3 Å². The van der Waals surface area contributed by atoms with Gasteiger partial charge >= 0.3 is 0 Å². The van der Waals surface area contributed by atoms with E-state index in [4.69, 9.17) is 9.47 Å². The first-order valence-corrected chi connectivity index (χ1v) is 6.40. The molecule has 1 aromatic carbocycles. The SMILES string of the molecule is CC[C@H](COc1ccccc1)N[C@@H]1CCOC1. The third kappa shape index (κ3) is 4.02. The van der Waals surface area contributed by atoms with Crippen LogP contribution in [0.25, 0.3) is 0 Å². The molecule has 0 unspecified atom stereocenters. The summed E-state index contributed by atoms with van der Waals surface area (Å²) >= 11 is 0. The van der Waals surface area contributed by atoms with E-state index in [1.807, 2.05) is 30.3 Å². The fourth-order valence-corrected chi connectivity index (χ4v) is 2.00. The van der Waals surface area contributed by atoms with Crippen molar-refractivity contribution >= 4 is 0 Å². The van der Waals surface area contributed by atoms with Crippen LogP contribution >= 0.6 is 0 Å². The molecule has 0 aromatic heterocycles. The van der Waals surface area contributed by atoms with Gasteiger partial charge in [-0.15, -0.1) is 0 Å². The van der Waals surface area contributed by atoms with Gasteiger partial charge in [-0.25, -0.2) is 0 Å². The van der Waals surface area contributed by atoms with Gasteiger partial charge in [0.1, 0.15) is 12.4 Å². The summed E-state index contributed by atoms with van der Waals surface area (Å²) in [5.74, 6) is 0.940. The molecule has 0 saturated carbocycles. The van der Waals surface area contributed by atoms with Gasteiger partial charge in [0.25, 0.3) is 0 Å². The molecule has 1 saturated heterocycles. The molecule has 0 spiro atoms. The normalized spacial score (nSPS) is 21.4. The van der Waals surface area contributed by atoms with Crippen molar-refractivity contribution in [1.29, 1.82) is 0 Å². The number of ether oxygens (including phenoxy) is 2. The molecular weight excluding hydrogens is 214 g/mol. The Balaban J connectivity index is 1.75. The number of rotatable bonds is 6. The van der Waals surface area contributed by atoms with E-state index in [0.717, 1.165) is 38.4 Å². The first kappa shape index (κ1) is 12.4. The summed E-state index contributed by atoms with van der Waals surface area (Å²) in [4.78, 5) is 0. The van der Waals surface area contributed by atoms with Crippen molar-refractivity contribution in [3.8, 4) is 5.75 Å². The Kier molecular flexibility index (Phi) is 4.83. The largest absolute Gasteiger partial charge is 0.492 e. The minimum Gasteiger partial charge on any atom is -0.492 e. The summed E-state index contributed by atoms with van der Waals surface area (Å²) in [6.07, 6.45) is 2.19. The molecule has 0 bridgehead atoms. The van der Waals surface area contributed by atoms with E-state index in [0.29, 0.717) is 12.1 Å². The number of nitrogens with one attached hydrogen (secondary N) is 1. The van der Waals surface area contributed by atoms with Gasteiger partial charge in [-0.3, -0.25) is 0 Å². The van der Waals surface area contributed by atoms with Crippen LogP contribution in [0.4, 0.5) is 0 Å². The Labute approximate surface area is 103 Å². The molecule has 2 atom stereocenters. The fourth-order valence-electron chi connectivity index (χ4n) is 2.00. The molecule has 0 aliphatic carbocycles. The molecule has 94 valence electrons. The van der Waals surface area contributed by atoms with Gasteiger partial charge in [-0.2, -0.15) is 0 Å². The number of para-hydroxylation sites is 1. The van der Waals surface area contributed by atoms with Crippen molar-refractivity contribution in [2.75, 3.05) is 19.8 Å². The third-order valence-electron chi connectivity index (χ3n) is 3.09. The van der Waals surface area contributed by atoms with Gasteiger partial charge in [-0.1, -0.05) is 25.1 Å². The van der Waals surface area contributed by atoms with Gasteiger partial charge in [0.05, 0.1) is 6.61 Å². The number of hydrogen-bond acceptors (Lipinski definition) is 3. The average Bonchev–Trinajstić information content (AvgIpc) is 2.88. The minimum absolute atomic E-state index is 0.405. The van der Waals surface area contributed by atoms with E-state index in [1.54, 1.807) is 0 Å². The van der Waals surface area contributed by atoms with E-state index in [2.05, 4.69) is 12.2 Å². The molecule has 1 fully saturated rings. The summed E-state index contributed by atoms with van der Waals surface area (Å²) in [5.41, 5.74) is 0. The van der Waals surface area contributed by atoms with Gasteiger partial charge < -0.3 is 14.8 Å². The van der Waals surface area contributed by atoms with Crippen molar-refractivity contribution in [3.05, 3.63) is 30.3 Å². The fraction of sp³-hybridized carbons (Fsp3) is 0.571. The Morgan fingerprint density at radius 3 is 2.88 bits per heavy atom. The average molecular weight is 235 g/mol. The molecular formula is C14H21NO2. The Hall–Kier alpha value is -1.06. The van der Waals surface area contributed by atoms with Crippen LogP contribution in [0.3, 0.4) is 0 Å². The second kappa shape index (κ2) is 6.62. The molecule has 1 aromatic rings. The van der Waals surface area contributed by atoms with E-state index >= 15 is 0 Å². The smallest absolute Gasteiger partial charge is 0.119 e. The molecule has 0 radical (unpaired) electrons. The first-order chi connectivity index (χ1) is 8.38. The zero-order valence-electron chi connectivity index (χ0n) is 10.4. The lowest BCUT2D eigenvalue weighted by Crippen LogP contribution is -2.41. The summed E-state index contributed by atoms with van der Waals surface area (Å²) in [7, 11) is 0. The van der Waals surface area contributed by atoms with Crippen LogP contribution in [-0.2, 0) is 4.74 Å². The van der Waals surface area contributed by atoms with E-state index in [9.17, 15) is 0 Å². The minimum atomic E-state index is 0.405. The second-order valence-electron chi connectivity index (χ2n) is 4.46. The maximum absolute atomic E-state index is 5.77. The number of benzene rings is 1. The Morgan fingerprint density at radius 2 is 2.24 bits per heavy atom. The van der Waals surface area contributed by atoms with Crippen LogP contribution in [0.5, 0.6) is 5.75 Å². The molecule has 2 rings (SSSR count). The zero-order chi connectivity index (χ0) is 11.9. The standard InChI is InChI=1S/C14H21NO2/c1-2-12(15-13-8-9-16-10-13)11-17-14-6-4-3-5-7-14/h3-7,12-13,15H,2,8-11H2,1H3/t12-,13-/m1/s1. The molecule has 1 aliphatic rings. The highest BCUT2D eigenvalue weighted by atomic mass is 16.5. The monoisotopic (exact) mass is 235 g/mol. The van der Waals surface area contributed by atoms with E-state index < -0.39 is 0 Å². The topological polar surface area (TPSA) is 30.5 Å². The Bertz CT molecular complexity index is 309. The lowest BCUT2D eigenvalue weighted by Gasteiger charge is -2.21. The Morgan fingerprint density at radius 1 is 1.41 bits per heavy atom. The predicted molar refractivity (Wildman–Crippen MR) is 68.4 cm³/mol. The molecule has 3 nitrogen and oxygen atoms in total. The molecule has 17 heavy (non-hydrogen) atoms. The molecule has 1 heterocycles. The van der Waals surface area contributed by atoms with Gasteiger partial charge in [0.15, 0.2) is 0 Å². The van der Waals surface area contributed by atoms with Crippen molar-refractivity contribution < 1.29 is 9.47 Å². The quantitative estimate of drug-likeness (QED) is 0.820. The van der Waals surface area contributed by atoms with Crippen molar-refractivity contribution in [2.45, 2.75) is 31.8 Å². The molecule has 3 heteroatoms. The van der Waals surface area contributed by atoms with Crippen LogP contribution in [0.1, 0.15) is 19.8 Å². The van der Waals surface area contributed by atoms with Crippen LogP contribution in [0.2, 0.25) is 0 Å². The summed E-state index contributed by atoms with van der Waals surface area (Å²) in [6.45, 7) is 4.62. The van der Waals surface area contributed by atoms with Crippen LogP contribution in [0, 0.1) is 0 Å². The number of hydrogen-bond donors (Lipinski definition) is 1. The highest BCUT2D eigenvalue weighted by Gasteiger charge is 2.18. The van der Waals surface area contributed by atoms with Crippen LogP contribution in [-0.4, -0.2) is 31.9 Å². The zero-order valence-corrected chi connectivity index (χ0v) is 10.4. The maximum Gasteiger partial charge on any atom is 0.119 e. The van der Waals surface area contributed by atoms with Gasteiger partial charge in [0.2, 0.25) is 0 Å². The first-order valence-electron chi connectivity index (χ1n) is 6.40. The lowest BCUT2D eigenvalue weighted by atomic mass is 10.2. The lowest BCUT2D eigenvalue weighted by molar-refractivity contribution is 0.182. The van der Waals surface area contributed by atoms with Gasteiger partial charge in [0, 0.05) is 18.7 Å².